The van der Waals surface area contributed by atoms with Crippen LogP contribution >= 0.6 is 12.6 Å². The Morgan fingerprint density at radius 3 is 2.09 bits per heavy atom. The third-order valence-corrected chi connectivity index (χ3v) is 6.20. The first kappa shape index (κ1) is 26.0. The summed E-state index contributed by atoms with van der Waals surface area (Å²) in [5.74, 6) is 0.443. The Bertz CT molecular complexity index is 1100. The summed E-state index contributed by atoms with van der Waals surface area (Å²) in [7, 11) is 0. The van der Waals surface area contributed by atoms with Gasteiger partial charge < -0.3 is 10.2 Å². The highest BCUT2D eigenvalue weighted by atomic mass is 32.1. The van der Waals surface area contributed by atoms with Crippen molar-refractivity contribution in [2.45, 2.75) is 24.3 Å². The van der Waals surface area contributed by atoms with Gasteiger partial charge in [0, 0.05) is 47.4 Å². The van der Waals surface area contributed by atoms with Crippen LogP contribution in [0.4, 0.5) is 5.69 Å². The van der Waals surface area contributed by atoms with Gasteiger partial charge in [0.05, 0.1) is 0 Å². The van der Waals surface area contributed by atoms with Crippen molar-refractivity contribution >= 4 is 30.9 Å². The first-order valence-corrected chi connectivity index (χ1v) is 12.3. The van der Waals surface area contributed by atoms with E-state index in [-0.39, 0.29) is 5.91 Å². The Labute approximate surface area is 214 Å². The van der Waals surface area contributed by atoms with Crippen LogP contribution in [0.1, 0.15) is 28.8 Å². The summed E-state index contributed by atoms with van der Waals surface area (Å²) in [5, 5.41) is 3.39. The van der Waals surface area contributed by atoms with Gasteiger partial charge in [-0.25, -0.2) is 0 Å². The van der Waals surface area contributed by atoms with Crippen LogP contribution < -0.4 is 5.32 Å². The highest BCUT2D eigenvalue weighted by Crippen LogP contribution is 2.26. The number of likely N-dealkylation sites (tertiary alicyclic amines) is 1. The molecule has 0 spiro atoms. The van der Waals surface area contributed by atoms with Crippen molar-refractivity contribution in [3.63, 3.8) is 0 Å². The number of hydrogen-bond acceptors (Lipinski definition) is 4. The lowest BCUT2D eigenvalue weighted by molar-refractivity contribution is 0.0702. The Balaban J connectivity index is 0.000000420. The minimum atomic E-state index is 0.0915. The highest BCUT2D eigenvalue weighted by molar-refractivity contribution is 7.80. The van der Waals surface area contributed by atoms with E-state index in [2.05, 4.69) is 48.4 Å². The Morgan fingerprint density at radius 2 is 1.57 bits per heavy atom. The normalized spacial score (nSPS) is 13.9. The summed E-state index contributed by atoms with van der Waals surface area (Å²) in [6.07, 6.45) is 5.47. The van der Waals surface area contributed by atoms with E-state index in [1.165, 1.54) is 5.56 Å². The number of rotatable bonds is 7. The maximum absolute atomic E-state index is 12.8. The van der Waals surface area contributed by atoms with Gasteiger partial charge in [-0.3, -0.25) is 9.79 Å². The van der Waals surface area contributed by atoms with Crippen molar-refractivity contribution in [1.29, 1.82) is 0 Å². The van der Waals surface area contributed by atoms with Gasteiger partial charge in [0.15, 0.2) is 0 Å². The van der Waals surface area contributed by atoms with E-state index in [9.17, 15) is 4.79 Å². The molecule has 1 N–H and O–H groups in total. The average molecular weight is 484 g/mol. The molecule has 0 atom stereocenters. The molecule has 5 heteroatoms. The van der Waals surface area contributed by atoms with Crippen LogP contribution in [-0.4, -0.2) is 30.6 Å². The zero-order valence-corrected chi connectivity index (χ0v) is 20.9. The van der Waals surface area contributed by atoms with E-state index in [1.54, 1.807) is 6.08 Å². The quantitative estimate of drug-likeness (QED) is 0.218. The second-order valence-corrected chi connectivity index (χ2v) is 8.82. The maximum atomic E-state index is 12.8. The van der Waals surface area contributed by atoms with Gasteiger partial charge in [-0.15, -0.1) is 12.6 Å². The number of piperidine rings is 1. The number of carbonyl (C=O) groups excluding carboxylic acids is 1. The largest absolute Gasteiger partial charge is 0.381 e. The van der Waals surface area contributed by atoms with Crippen LogP contribution in [0.25, 0.3) is 0 Å². The predicted octanol–water partition coefficient (Wildman–Crippen LogP) is 6.90. The Kier molecular flexibility index (Phi) is 10.4. The molecule has 1 amide bonds. The summed E-state index contributed by atoms with van der Waals surface area (Å²) < 4.78 is 0. The van der Waals surface area contributed by atoms with Crippen molar-refractivity contribution in [3.05, 3.63) is 120 Å². The first-order valence-electron chi connectivity index (χ1n) is 11.8. The van der Waals surface area contributed by atoms with E-state index in [4.69, 9.17) is 0 Å². The summed E-state index contributed by atoms with van der Waals surface area (Å²) in [5.41, 5.74) is 3.93. The van der Waals surface area contributed by atoms with Crippen LogP contribution in [0.2, 0.25) is 0 Å². The fourth-order valence-corrected chi connectivity index (χ4v) is 4.13. The van der Waals surface area contributed by atoms with Crippen LogP contribution in [0, 0.1) is 5.92 Å². The molecule has 1 fully saturated rings. The molecule has 1 heterocycles. The number of thiol groups is 1. The van der Waals surface area contributed by atoms with Gasteiger partial charge >= 0.3 is 0 Å². The molecule has 1 aliphatic rings. The Hall–Kier alpha value is -3.57. The molecular weight excluding hydrogens is 450 g/mol. The molecule has 0 radical (unpaired) electrons. The number of anilines is 1. The smallest absolute Gasteiger partial charge is 0.253 e. The zero-order valence-electron chi connectivity index (χ0n) is 20.0. The fourth-order valence-electron chi connectivity index (χ4n) is 3.96. The molecule has 4 nitrogen and oxygen atoms in total. The summed E-state index contributed by atoms with van der Waals surface area (Å²) >= 11 is 4.08. The van der Waals surface area contributed by atoms with E-state index in [0.29, 0.717) is 5.92 Å². The van der Waals surface area contributed by atoms with Crippen LogP contribution in [0.15, 0.2) is 119 Å². The van der Waals surface area contributed by atoms with E-state index in [0.717, 1.165) is 54.3 Å². The maximum Gasteiger partial charge on any atom is 0.253 e. The second kappa shape index (κ2) is 14.0. The summed E-state index contributed by atoms with van der Waals surface area (Å²) in [6.45, 7) is 9.61. The summed E-state index contributed by atoms with van der Waals surface area (Å²) in [6, 6.07) is 27.8. The highest BCUT2D eigenvalue weighted by Gasteiger charge is 2.25. The zero-order chi connectivity index (χ0) is 24.9. The average Bonchev–Trinajstić information content (AvgIpc) is 2.92. The van der Waals surface area contributed by atoms with Crippen LogP contribution in [0.5, 0.6) is 0 Å². The molecule has 3 aromatic rings. The lowest BCUT2D eigenvalue weighted by Crippen LogP contribution is -2.38. The van der Waals surface area contributed by atoms with Crippen molar-refractivity contribution in [3.8, 4) is 0 Å². The number of nitrogens with zero attached hydrogens (tertiary/aromatic N) is 2. The monoisotopic (exact) mass is 483 g/mol. The van der Waals surface area contributed by atoms with E-state index < -0.39 is 0 Å². The number of aliphatic imine (C=N–C) groups is 1. The van der Waals surface area contributed by atoms with Crippen molar-refractivity contribution in [2.75, 3.05) is 18.4 Å². The molecule has 0 bridgehead atoms. The van der Waals surface area contributed by atoms with Gasteiger partial charge in [-0.2, -0.15) is 0 Å². The number of benzene rings is 3. The Morgan fingerprint density at radius 1 is 0.971 bits per heavy atom. The molecule has 3 aromatic carbocycles. The van der Waals surface area contributed by atoms with Crippen molar-refractivity contribution in [1.82, 2.24) is 4.90 Å². The SMILES string of the molecule is C=C/C=C(\N=C)C1CCN(C(=O)c2ccc(NCc3ccccc3)cc2)CC1.Sc1ccccc1. The van der Waals surface area contributed by atoms with Crippen molar-refractivity contribution in [2.24, 2.45) is 10.9 Å². The molecule has 35 heavy (non-hydrogen) atoms. The molecule has 4 rings (SSSR count). The molecule has 1 saturated heterocycles. The first-order chi connectivity index (χ1) is 17.1. The standard InChI is InChI=1S/C24H27N3O.C6H6S/c1-3-7-23(25-2)20-14-16-27(17-15-20)24(28)21-10-12-22(13-11-21)26-18-19-8-5-4-6-9-19;7-6-4-2-1-3-5-6/h3-13,20,26H,1-2,14-18H2;1-5,7H/b23-7-;. The van der Waals surface area contributed by atoms with Gasteiger partial charge in [-0.1, -0.05) is 61.2 Å². The summed E-state index contributed by atoms with van der Waals surface area (Å²) in [4.78, 5) is 19.9. The van der Waals surface area contributed by atoms with Gasteiger partial charge in [0.25, 0.3) is 5.91 Å². The van der Waals surface area contributed by atoms with Gasteiger partial charge in [0.2, 0.25) is 0 Å². The lowest BCUT2D eigenvalue weighted by Gasteiger charge is -2.32. The topological polar surface area (TPSA) is 44.7 Å². The third-order valence-electron chi connectivity index (χ3n) is 5.90. The minimum Gasteiger partial charge on any atom is -0.381 e. The molecular formula is C30H33N3OS. The number of nitrogens with one attached hydrogen (secondary N) is 1. The van der Waals surface area contributed by atoms with Gasteiger partial charge in [-0.05, 0) is 67.6 Å². The van der Waals surface area contributed by atoms with Crippen LogP contribution in [-0.2, 0) is 6.54 Å². The number of amides is 1. The van der Waals surface area contributed by atoms with Gasteiger partial charge in [0.1, 0.15) is 0 Å². The third kappa shape index (κ3) is 8.30. The number of carbonyl (C=O) groups is 1. The van der Waals surface area contributed by atoms with E-state index in [1.807, 2.05) is 83.8 Å². The van der Waals surface area contributed by atoms with E-state index >= 15 is 0 Å². The predicted molar refractivity (Wildman–Crippen MR) is 150 cm³/mol. The molecule has 0 unspecified atom stereocenters. The molecule has 0 aromatic heterocycles. The molecule has 1 aliphatic heterocycles. The molecule has 0 aliphatic carbocycles. The van der Waals surface area contributed by atoms with Crippen molar-refractivity contribution < 1.29 is 4.79 Å². The lowest BCUT2D eigenvalue weighted by atomic mass is 9.93. The molecule has 0 saturated carbocycles. The number of hydrogen-bond donors (Lipinski definition) is 2. The fraction of sp³-hybridized carbons (Fsp3) is 0.200. The van der Waals surface area contributed by atoms with Crippen LogP contribution in [0.3, 0.4) is 0 Å². The molecule has 180 valence electrons. The second-order valence-electron chi connectivity index (χ2n) is 8.30. The number of allylic oxidation sites excluding steroid dienone is 3. The minimum absolute atomic E-state index is 0.0915.